The Morgan fingerprint density at radius 3 is 2.47 bits per heavy atom. The fourth-order valence-electron chi connectivity index (χ4n) is 5.53. The van der Waals surface area contributed by atoms with Crippen LogP contribution in [0.4, 0.5) is 23.7 Å². The molecule has 6 rings (SSSR count). The lowest BCUT2D eigenvalue weighted by atomic mass is 9.89. The van der Waals surface area contributed by atoms with Crippen LogP contribution in [0.5, 0.6) is 0 Å². The Balaban J connectivity index is 0.00000267. The summed E-state index contributed by atoms with van der Waals surface area (Å²) in [7, 11) is 0. The molecule has 36 heavy (non-hydrogen) atoms. The second-order valence-electron chi connectivity index (χ2n) is 9.07. The van der Waals surface area contributed by atoms with Crippen molar-refractivity contribution in [1.82, 2.24) is 20.3 Å². The lowest BCUT2D eigenvalue weighted by Gasteiger charge is -2.17. The Morgan fingerprint density at radius 1 is 1.14 bits per heavy atom. The van der Waals surface area contributed by atoms with Crippen LogP contribution in [-0.2, 0) is 16.7 Å². The van der Waals surface area contributed by atoms with E-state index in [1.54, 1.807) is 6.20 Å². The van der Waals surface area contributed by atoms with E-state index in [1.807, 2.05) is 0 Å². The molecule has 0 spiro atoms. The number of nitriles is 1. The van der Waals surface area contributed by atoms with Crippen LogP contribution in [0.15, 0.2) is 42.7 Å². The van der Waals surface area contributed by atoms with Crippen LogP contribution >= 0.6 is 12.4 Å². The van der Waals surface area contributed by atoms with E-state index < -0.39 is 40.6 Å². The molecule has 2 aromatic carbocycles. The van der Waals surface area contributed by atoms with Gasteiger partial charge in [-0.3, -0.25) is 4.90 Å². The molecule has 2 unspecified atom stereocenters. The maximum Gasteiger partial charge on any atom is 0.414 e. The van der Waals surface area contributed by atoms with E-state index in [2.05, 4.69) is 21.7 Å². The molecule has 3 atom stereocenters. The largest absolute Gasteiger partial charge is 0.442 e. The third-order valence-corrected chi connectivity index (χ3v) is 7.24. The lowest BCUT2D eigenvalue weighted by Crippen LogP contribution is -2.26. The van der Waals surface area contributed by atoms with Gasteiger partial charge in [0.2, 0.25) is 0 Å². The van der Waals surface area contributed by atoms with Gasteiger partial charge in [0.15, 0.2) is 0 Å². The summed E-state index contributed by atoms with van der Waals surface area (Å²) in [6, 6.07) is 8.26. The first-order valence-electron chi connectivity index (χ1n) is 11.2. The Kier molecular flexibility index (Phi) is 5.89. The van der Waals surface area contributed by atoms with Gasteiger partial charge >= 0.3 is 6.09 Å². The standard InChI is InChI=1S/C24H19F3N6O2.ClH/c25-19-5-13(1-2-16(19)24(12-28)17-8-29-9-18(17)24)22-20(26)6-14(7-21(22)27)33-11-15(35-23(33)34)10-32-4-3-30-31-32;/h1-7,15,17-18,29H,8-11H2;1H/t15-,17?,18?,24?;/m0./s1. The SMILES string of the molecule is Cl.N#CC1(c2ccc(-c3c(F)cc(N4C[C@H](Cn5ccnn5)OC4=O)cc3F)cc2F)C2CNCC21. The molecule has 1 saturated carbocycles. The molecule has 8 nitrogen and oxygen atoms in total. The fourth-order valence-corrected chi connectivity index (χ4v) is 5.53. The summed E-state index contributed by atoms with van der Waals surface area (Å²) in [6.07, 6.45) is 1.80. The molecule has 1 aliphatic carbocycles. The number of fused-ring (bicyclic) bond motifs is 1. The van der Waals surface area contributed by atoms with Gasteiger partial charge in [-0.05, 0) is 23.8 Å². The molecular formula is C24H20ClF3N6O2. The van der Waals surface area contributed by atoms with Gasteiger partial charge in [-0.25, -0.2) is 22.6 Å². The highest BCUT2D eigenvalue weighted by Gasteiger charge is 2.68. The highest BCUT2D eigenvalue weighted by Crippen LogP contribution is 2.61. The van der Waals surface area contributed by atoms with E-state index in [-0.39, 0.29) is 54.1 Å². The molecule has 1 aromatic heterocycles. The van der Waals surface area contributed by atoms with Crippen molar-refractivity contribution < 1.29 is 22.7 Å². The van der Waals surface area contributed by atoms with E-state index in [0.717, 1.165) is 23.1 Å². The number of hydrogen-bond acceptors (Lipinski definition) is 6. The Bertz CT molecular complexity index is 1350. The third kappa shape index (κ3) is 3.60. The summed E-state index contributed by atoms with van der Waals surface area (Å²) in [5, 5.41) is 20.4. The zero-order valence-electron chi connectivity index (χ0n) is 18.7. The number of amides is 1. The first-order valence-corrected chi connectivity index (χ1v) is 11.2. The second-order valence-corrected chi connectivity index (χ2v) is 9.07. The number of ether oxygens (including phenoxy) is 1. The number of carbonyl (C=O) groups is 1. The zero-order valence-corrected chi connectivity index (χ0v) is 19.5. The van der Waals surface area contributed by atoms with Gasteiger partial charge in [-0.15, -0.1) is 17.5 Å². The molecular weight excluding hydrogens is 497 g/mol. The smallest absolute Gasteiger partial charge is 0.414 e. The fraction of sp³-hybridized carbons (Fsp3) is 0.333. The monoisotopic (exact) mass is 516 g/mol. The number of carbonyl (C=O) groups excluding carboxylic acids is 1. The summed E-state index contributed by atoms with van der Waals surface area (Å²) in [5.41, 5.74) is -1.04. The molecule has 0 bridgehead atoms. The first-order chi connectivity index (χ1) is 16.9. The summed E-state index contributed by atoms with van der Waals surface area (Å²) in [6.45, 7) is 1.61. The van der Waals surface area contributed by atoms with Crippen molar-refractivity contribution in [3.8, 4) is 17.2 Å². The summed E-state index contributed by atoms with van der Waals surface area (Å²) < 4.78 is 52.1. The van der Waals surface area contributed by atoms with Gasteiger partial charge in [0.1, 0.15) is 23.6 Å². The molecule has 12 heteroatoms. The molecule has 3 heterocycles. The summed E-state index contributed by atoms with van der Waals surface area (Å²) in [4.78, 5) is 13.5. The van der Waals surface area contributed by atoms with E-state index in [4.69, 9.17) is 4.74 Å². The van der Waals surface area contributed by atoms with Crippen molar-refractivity contribution in [2.24, 2.45) is 11.8 Å². The van der Waals surface area contributed by atoms with Crippen molar-refractivity contribution in [1.29, 1.82) is 5.26 Å². The van der Waals surface area contributed by atoms with Gasteiger partial charge < -0.3 is 10.1 Å². The molecule has 3 aliphatic rings. The summed E-state index contributed by atoms with van der Waals surface area (Å²) >= 11 is 0. The second kappa shape index (κ2) is 8.80. The van der Waals surface area contributed by atoms with Gasteiger partial charge in [0.25, 0.3) is 0 Å². The van der Waals surface area contributed by atoms with Crippen LogP contribution in [0.2, 0.25) is 0 Å². The van der Waals surface area contributed by atoms with Gasteiger partial charge in [0, 0.05) is 36.7 Å². The van der Waals surface area contributed by atoms with Crippen LogP contribution in [0, 0.1) is 40.6 Å². The highest BCUT2D eigenvalue weighted by molar-refractivity contribution is 5.90. The number of nitrogens with one attached hydrogen (secondary N) is 1. The van der Waals surface area contributed by atoms with Gasteiger partial charge in [0.05, 0.1) is 42.0 Å². The van der Waals surface area contributed by atoms with E-state index >= 15 is 13.2 Å². The van der Waals surface area contributed by atoms with E-state index in [9.17, 15) is 10.1 Å². The maximum absolute atomic E-state index is 15.1. The predicted octanol–water partition coefficient (Wildman–Crippen LogP) is 3.42. The predicted molar refractivity (Wildman–Crippen MR) is 124 cm³/mol. The van der Waals surface area contributed by atoms with Crippen LogP contribution in [-0.4, -0.2) is 46.8 Å². The number of nitrogens with zero attached hydrogens (tertiary/aromatic N) is 5. The van der Waals surface area contributed by atoms with Crippen LogP contribution in [0.25, 0.3) is 11.1 Å². The minimum absolute atomic E-state index is 0. The van der Waals surface area contributed by atoms with E-state index in [0.29, 0.717) is 13.1 Å². The number of benzene rings is 2. The lowest BCUT2D eigenvalue weighted by molar-refractivity contribution is 0.129. The molecule has 2 saturated heterocycles. The van der Waals surface area contributed by atoms with Crippen LogP contribution < -0.4 is 10.2 Å². The van der Waals surface area contributed by atoms with Crippen LogP contribution in [0.1, 0.15) is 5.56 Å². The zero-order chi connectivity index (χ0) is 24.3. The van der Waals surface area contributed by atoms with E-state index in [1.165, 1.54) is 23.0 Å². The third-order valence-electron chi connectivity index (χ3n) is 7.24. The highest BCUT2D eigenvalue weighted by atomic mass is 35.5. The Labute approximate surface area is 210 Å². The van der Waals surface area contributed by atoms with Crippen LogP contribution in [0.3, 0.4) is 0 Å². The van der Waals surface area contributed by atoms with Gasteiger partial charge in [-0.1, -0.05) is 17.3 Å². The van der Waals surface area contributed by atoms with Crippen molar-refractivity contribution >= 4 is 24.2 Å². The number of piperidine rings is 1. The summed E-state index contributed by atoms with van der Waals surface area (Å²) in [5.74, 6) is -2.48. The molecule has 186 valence electrons. The average molecular weight is 517 g/mol. The van der Waals surface area contributed by atoms with Gasteiger partial charge in [-0.2, -0.15) is 5.26 Å². The maximum atomic E-state index is 15.1. The number of aromatic nitrogens is 3. The molecule has 3 fully saturated rings. The molecule has 0 radical (unpaired) electrons. The van der Waals surface area contributed by atoms with Crippen molar-refractivity contribution in [2.75, 3.05) is 24.5 Å². The average Bonchev–Trinajstić information content (AvgIpc) is 3.35. The topological polar surface area (TPSA) is 96.1 Å². The minimum Gasteiger partial charge on any atom is -0.442 e. The number of rotatable bonds is 5. The van der Waals surface area contributed by atoms with Crippen molar-refractivity contribution in [2.45, 2.75) is 18.1 Å². The number of anilines is 1. The Hall–Kier alpha value is -3.62. The molecule has 1 N–H and O–H groups in total. The Morgan fingerprint density at radius 2 is 1.86 bits per heavy atom. The van der Waals surface area contributed by atoms with Crippen molar-refractivity contribution in [3.63, 3.8) is 0 Å². The molecule has 1 amide bonds. The molecule has 2 aliphatic heterocycles. The quantitative estimate of drug-likeness (QED) is 0.558. The normalized spacial score (nSPS) is 26.2. The molecule has 3 aromatic rings. The first kappa shape index (κ1) is 24.1. The number of hydrogen-bond donors (Lipinski definition) is 1. The number of cyclic esters (lactones) is 1. The minimum atomic E-state index is -0.942. The number of halogens is 4. The van der Waals surface area contributed by atoms with Crippen molar-refractivity contribution in [3.05, 3.63) is 65.7 Å².